The number of carbonyl (C=O) groups is 2. The zero-order valence-electron chi connectivity index (χ0n) is 12.7. The van der Waals surface area contributed by atoms with Gasteiger partial charge in [0, 0.05) is 12.8 Å². The zero-order chi connectivity index (χ0) is 14.3. The quantitative estimate of drug-likeness (QED) is 0.447. The molecule has 0 aliphatic carbocycles. The number of ketones is 2. The monoisotopic (exact) mass is 270 g/mol. The van der Waals surface area contributed by atoms with E-state index in [1.807, 2.05) is 0 Å². The number of hydrogen-bond acceptors (Lipinski definition) is 3. The molecule has 0 atom stereocenters. The lowest BCUT2D eigenvalue weighted by Gasteiger charge is -2.03. The molecule has 0 fully saturated rings. The van der Waals surface area contributed by atoms with Crippen molar-refractivity contribution in [3.8, 4) is 0 Å². The Labute approximate surface area is 118 Å². The fourth-order valence-electron chi connectivity index (χ4n) is 1.92. The number of rotatable bonds is 14. The van der Waals surface area contributed by atoms with E-state index in [1.54, 1.807) is 0 Å². The van der Waals surface area contributed by atoms with Crippen molar-refractivity contribution in [2.24, 2.45) is 0 Å². The highest BCUT2D eigenvalue weighted by Gasteiger charge is 2.05. The lowest BCUT2D eigenvalue weighted by atomic mass is 10.1. The number of unbranched alkanes of at least 4 members (excludes halogenated alkanes) is 6. The van der Waals surface area contributed by atoms with E-state index in [0.29, 0.717) is 12.8 Å². The van der Waals surface area contributed by atoms with Crippen molar-refractivity contribution in [1.29, 1.82) is 0 Å². The van der Waals surface area contributed by atoms with Gasteiger partial charge in [-0.05, 0) is 12.8 Å². The Hall–Kier alpha value is -0.700. The molecule has 19 heavy (non-hydrogen) atoms. The van der Waals surface area contributed by atoms with Gasteiger partial charge in [0.15, 0.2) is 11.6 Å². The second-order valence-electron chi connectivity index (χ2n) is 5.19. The van der Waals surface area contributed by atoms with Crippen LogP contribution in [-0.4, -0.2) is 24.8 Å². The fourth-order valence-corrected chi connectivity index (χ4v) is 1.92. The molecular formula is C16H30O3. The minimum atomic E-state index is 0.104. The summed E-state index contributed by atoms with van der Waals surface area (Å²) in [6, 6.07) is 0. The number of Topliss-reactive ketones (excluding diaryl/α,β-unsaturated/α-hetero) is 2. The molecule has 0 saturated carbocycles. The summed E-state index contributed by atoms with van der Waals surface area (Å²) < 4.78 is 5.17. The Morgan fingerprint density at radius 1 is 0.684 bits per heavy atom. The van der Waals surface area contributed by atoms with Gasteiger partial charge in [0.25, 0.3) is 0 Å². The van der Waals surface area contributed by atoms with E-state index in [9.17, 15) is 9.59 Å². The largest absolute Gasteiger partial charge is 0.366 e. The summed E-state index contributed by atoms with van der Waals surface area (Å²) in [5, 5.41) is 0. The SMILES string of the molecule is CCCCCCC(=O)COCC(=O)CCCCCC. The molecule has 0 aliphatic rings. The van der Waals surface area contributed by atoms with Gasteiger partial charge in [-0.3, -0.25) is 9.59 Å². The molecule has 0 N–H and O–H groups in total. The average Bonchev–Trinajstić information content (AvgIpc) is 2.40. The van der Waals surface area contributed by atoms with Gasteiger partial charge in [0.1, 0.15) is 13.2 Å². The van der Waals surface area contributed by atoms with Crippen LogP contribution >= 0.6 is 0 Å². The molecule has 0 aromatic rings. The summed E-state index contributed by atoms with van der Waals surface area (Å²) in [4.78, 5) is 22.9. The van der Waals surface area contributed by atoms with Crippen LogP contribution in [0.15, 0.2) is 0 Å². The molecule has 0 radical (unpaired) electrons. The first kappa shape index (κ1) is 18.3. The maximum atomic E-state index is 11.5. The minimum Gasteiger partial charge on any atom is -0.366 e. The average molecular weight is 270 g/mol. The lowest BCUT2D eigenvalue weighted by molar-refractivity contribution is -0.128. The van der Waals surface area contributed by atoms with E-state index in [1.165, 1.54) is 25.7 Å². The predicted octanol–water partition coefficient (Wildman–Crippen LogP) is 4.08. The van der Waals surface area contributed by atoms with Crippen molar-refractivity contribution in [3.63, 3.8) is 0 Å². The standard InChI is InChI=1S/C16H30O3/c1-3-5-7-9-11-15(17)13-19-14-16(18)12-10-8-6-4-2/h3-14H2,1-2H3. The third-order valence-electron chi connectivity index (χ3n) is 3.14. The third kappa shape index (κ3) is 13.5. The number of hydrogen-bond donors (Lipinski definition) is 0. The third-order valence-corrected chi connectivity index (χ3v) is 3.14. The summed E-state index contributed by atoms with van der Waals surface area (Å²) in [5.74, 6) is 0.241. The highest BCUT2D eigenvalue weighted by Crippen LogP contribution is 2.04. The Morgan fingerprint density at radius 2 is 1.11 bits per heavy atom. The Morgan fingerprint density at radius 3 is 1.47 bits per heavy atom. The van der Waals surface area contributed by atoms with Crippen molar-refractivity contribution in [2.45, 2.75) is 78.1 Å². The first-order valence-electron chi connectivity index (χ1n) is 7.81. The van der Waals surface area contributed by atoms with Crippen molar-refractivity contribution >= 4 is 11.6 Å². The molecule has 0 saturated heterocycles. The van der Waals surface area contributed by atoms with E-state index in [-0.39, 0.29) is 24.8 Å². The molecule has 0 aromatic heterocycles. The summed E-state index contributed by atoms with van der Waals surface area (Å²) in [6.45, 7) is 4.51. The van der Waals surface area contributed by atoms with Gasteiger partial charge in [-0.25, -0.2) is 0 Å². The molecule has 0 bridgehead atoms. The first-order valence-corrected chi connectivity index (χ1v) is 7.81. The molecule has 0 amide bonds. The fraction of sp³-hybridized carbons (Fsp3) is 0.875. The summed E-state index contributed by atoms with van der Waals surface area (Å²) in [6.07, 6.45) is 10.0. The second-order valence-corrected chi connectivity index (χ2v) is 5.19. The molecule has 3 nitrogen and oxygen atoms in total. The van der Waals surface area contributed by atoms with Gasteiger partial charge in [-0.1, -0.05) is 52.4 Å². The number of carbonyl (C=O) groups excluding carboxylic acids is 2. The van der Waals surface area contributed by atoms with Crippen LogP contribution < -0.4 is 0 Å². The van der Waals surface area contributed by atoms with Gasteiger partial charge >= 0.3 is 0 Å². The van der Waals surface area contributed by atoms with Crippen LogP contribution in [0.5, 0.6) is 0 Å². The Kier molecular flexibility index (Phi) is 13.2. The smallest absolute Gasteiger partial charge is 0.158 e. The van der Waals surface area contributed by atoms with Crippen LogP contribution in [0.4, 0.5) is 0 Å². The van der Waals surface area contributed by atoms with Gasteiger partial charge in [0.05, 0.1) is 0 Å². The van der Waals surface area contributed by atoms with Crippen molar-refractivity contribution in [1.82, 2.24) is 0 Å². The number of ether oxygens (including phenoxy) is 1. The Bertz CT molecular complexity index is 212. The van der Waals surface area contributed by atoms with E-state index in [2.05, 4.69) is 13.8 Å². The summed E-state index contributed by atoms with van der Waals surface area (Å²) in [7, 11) is 0. The van der Waals surface area contributed by atoms with Crippen LogP contribution in [-0.2, 0) is 14.3 Å². The van der Waals surface area contributed by atoms with E-state index < -0.39 is 0 Å². The van der Waals surface area contributed by atoms with Crippen molar-refractivity contribution in [3.05, 3.63) is 0 Å². The van der Waals surface area contributed by atoms with Gasteiger partial charge < -0.3 is 4.74 Å². The highest BCUT2D eigenvalue weighted by atomic mass is 16.5. The summed E-state index contributed by atoms with van der Waals surface area (Å²) >= 11 is 0. The van der Waals surface area contributed by atoms with Gasteiger partial charge in [-0.2, -0.15) is 0 Å². The predicted molar refractivity (Wildman–Crippen MR) is 78.4 cm³/mol. The molecular weight excluding hydrogens is 240 g/mol. The maximum absolute atomic E-state index is 11.5. The maximum Gasteiger partial charge on any atom is 0.158 e. The van der Waals surface area contributed by atoms with Crippen LogP contribution in [0.3, 0.4) is 0 Å². The summed E-state index contributed by atoms with van der Waals surface area (Å²) in [5.41, 5.74) is 0. The minimum absolute atomic E-state index is 0.104. The van der Waals surface area contributed by atoms with E-state index >= 15 is 0 Å². The van der Waals surface area contributed by atoms with Crippen molar-refractivity contribution < 1.29 is 14.3 Å². The van der Waals surface area contributed by atoms with Crippen LogP contribution in [0.25, 0.3) is 0 Å². The van der Waals surface area contributed by atoms with Crippen LogP contribution in [0, 0.1) is 0 Å². The van der Waals surface area contributed by atoms with Crippen LogP contribution in [0.2, 0.25) is 0 Å². The Balaban J connectivity index is 3.35. The first-order chi connectivity index (χ1) is 9.20. The van der Waals surface area contributed by atoms with Crippen LogP contribution in [0.1, 0.15) is 78.1 Å². The normalized spacial score (nSPS) is 10.6. The van der Waals surface area contributed by atoms with Crippen molar-refractivity contribution in [2.75, 3.05) is 13.2 Å². The molecule has 3 heteroatoms. The molecule has 0 heterocycles. The van der Waals surface area contributed by atoms with Gasteiger partial charge in [-0.15, -0.1) is 0 Å². The van der Waals surface area contributed by atoms with Gasteiger partial charge in [0.2, 0.25) is 0 Å². The van der Waals surface area contributed by atoms with E-state index in [4.69, 9.17) is 4.74 Å². The molecule has 112 valence electrons. The lowest BCUT2D eigenvalue weighted by Crippen LogP contribution is -2.14. The molecule has 0 aliphatic heterocycles. The zero-order valence-corrected chi connectivity index (χ0v) is 12.7. The topological polar surface area (TPSA) is 43.4 Å². The van der Waals surface area contributed by atoms with E-state index in [0.717, 1.165) is 25.7 Å². The molecule has 0 unspecified atom stereocenters. The molecule has 0 rings (SSSR count). The molecule has 0 spiro atoms. The second kappa shape index (κ2) is 13.7. The molecule has 0 aromatic carbocycles. The highest BCUT2D eigenvalue weighted by molar-refractivity contribution is 5.81.